The average Bonchev–Trinajstić information content (AvgIpc) is 2.41. The van der Waals surface area contributed by atoms with Crippen LogP contribution in [-0.4, -0.2) is 13.2 Å². The molecule has 0 aliphatic carbocycles. The van der Waals surface area contributed by atoms with Crippen LogP contribution in [0, 0.1) is 0 Å². The highest BCUT2D eigenvalue weighted by atomic mass is 79.9. The van der Waals surface area contributed by atoms with Gasteiger partial charge in [0, 0.05) is 11.0 Å². The Bertz CT molecular complexity index is 546. The Morgan fingerprint density at radius 3 is 2.53 bits per heavy atom. The molecule has 0 atom stereocenters. The maximum atomic E-state index is 6.01. The van der Waals surface area contributed by atoms with Gasteiger partial charge in [0.05, 0.1) is 15.2 Å². The van der Waals surface area contributed by atoms with Crippen LogP contribution in [0.25, 0.3) is 0 Å². The number of anilines is 1. The highest BCUT2D eigenvalue weighted by Crippen LogP contribution is 2.29. The molecule has 2 aromatic rings. The van der Waals surface area contributed by atoms with Gasteiger partial charge in [-0.1, -0.05) is 33.6 Å². The van der Waals surface area contributed by atoms with Crippen molar-refractivity contribution >= 4 is 49.1 Å². The number of ether oxygens (including phenoxy) is 1. The summed E-state index contributed by atoms with van der Waals surface area (Å²) in [6.07, 6.45) is 0. The van der Waals surface area contributed by atoms with Gasteiger partial charge in [-0.05, 0) is 52.3 Å². The Kier molecular flexibility index (Phi) is 5.55. The van der Waals surface area contributed by atoms with Crippen LogP contribution in [0.1, 0.15) is 0 Å². The van der Waals surface area contributed by atoms with Gasteiger partial charge in [-0.25, -0.2) is 0 Å². The van der Waals surface area contributed by atoms with Crippen LogP contribution < -0.4 is 10.1 Å². The number of hydrogen-bond donors (Lipinski definition) is 1. The molecule has 0 spiro atoms. The fourth-order valence-electron chi connectivity index (χ4n) is 1.53. The minimum Gasteiger partial charge on any atom is -0.492 e. The minimum atomic E-state index is 0.584. The Morgan fingerprint density at radius 1 is 1.05 bits per heavy atom. The lowest BCUT2D eigenvalue weighted by atomic mass is 10.3. The summed E-state index contributed by atoms with van der Waals surface area (Å²) >= 11 is 12.8. The topological polar surface area (TPSA) is 21.3 Å². The van der Waals surface area contributed by atoms with Gasteiger partial charge >= 0.3 is 0 Å². The maximum Gasteiger partial charge on any atom is 0.119 e. The Balaban J connectivity index is 1.81. The van der Waals surface area contributed by atoms with E-state index in [0.717, 1.165) is 20.4 Å². The van der Waals surface area contributed by atoms with Crippen LogP contribution in [-0.2, 0) is 0 Å². The molecule has 0 aliphatic heterocycles. The van der Waals surface area contributed by atoms with Crippen molar-refractivity contribution in [3.8, 4) is 5.75 Å². The molecule has 0 aromatic heterocycles. The summed E-state index contributed by atoms with van der Waals surface area (Å²) in [5, 5.41) is 3.96. The molecule has 1 N–H and O–H groups in total. The van der Waals surface area contributed by atoms with Gasteiger partial charge in [-0.3, -0.25) is 0 Å². The van der Waals surface area contributed by atoms with Crippen molar-refractivity contribution < 1.29 is 4.74 Å². The lowest BCUT2D eigenvalue weighted by Gasteiger charge is -2.10. The molecule has 0 fully saturated rings. The average molecular weight is 406 g/mol. The molecule has 0 heterocycles. The first-order chi connectivity index (χ1) is 9.16. The molecule has 100 valence electrons. The van der Waals surface area contributed by atoms with E-state index in [1.807, 2.05) is 42.5 Å². The second-order valence-electron chi connectivity index (χ2n) is 3.83. The van der Waals surface area contributed by atoms with Gasteiger partial charge in [0.1, 0.15) is 12.4 Å². The molecule has 0 amide bonds. The zero-order valence-electron chi connectivity index (χ0n) is 10.00. The van der Waals surface area contributed by atoms with E-state index in [0.29, 0.717) is 18.2 Å². The van der Waals surface area contributed by atoms with Crippen LogP contribution in [0.2, 0.25) is 5.02 Å². The van der Waals surface area contributed by atoms with E-state index in [2.05, 4.69) is 37.2 Å². The molecule has 2 aromatic carbocycles. The summed E-state index contributed by atoms with van der Waals surface area (Å²) in [4.78, 5) is 0. The predicted octanol–water partition coefficient (Wildman–Crippen LogP) is 5.36. The largest absolute Gasteiger partial charge is 0.492 e. The quantitative estimate of drug-likeness (QED) is 0.677. The summed E-state index contributed by atoms with van der Waals surface area (Å²) in [5.74, 6) is 0.857. The van der Waals surface area contributed by atoms with Gasteiger partial charge in [-0.15, -0.1) is 0 Å². The van der Waals surface area contributed by atoms with Crippen LogP contribution in [0.3, 0.4) is 0 Å². The van der Waals surface area contributed by atoms with Crippen molar-refractivity contribution in [1.82, 2.24) is 0 Å². The van der Waals surface area contributed by atoms with Crippen molar-refractivity contribution in [3.05, 3.63) is 56.4 Å². The molecule has 0 radical (unpaired) electrons. The molecule has 19 heavy (non-hydrogen) atoms. The van der Waals surface area contributed by atoms with E-state index in [1.54, 1.807) is 0 Å². The molecule has 2 rings (SSSR count). The highest BCUT2D eigenvalue weighted by molar-refractivity contribution is 9.11. The fraction of sp³-hybridized carbons (Fsp3) is 0.143. The normalized spacial score (nSPS) is 10.3. The van der Waals surface area contributed by atoms with Gasteiger partial charge in [0.2, 0.25) is 0 Å². The van der Waals surface area contributed by atoms with Gasteiger partial charge < -0.3 is 10.1 Å². The van der Waals surface area contributed by atoms with E-state index in [1.165, 1.54) is 0 Å². The Hall–Kier alpha value is -0.710. The molecule has 2 nitrogen and oxygen atoms in total. The zero-order valence-corrected chi connectivity index (χ0v) is 13.9. The first kappa shape index (κ1) is 14.7. The van der Waals surface area contributed by atoms with Crippen molar-refractivity contribution in [2.75, 3.05) is 18.5 Å². The molecule has 5 heteroatoms. The molecule has 0 aliphatic rings. The minimum absolute atomic E-state index is 0.584. The second kappa shape index (κ2) is 7.17. The lowest BCUT2D eigenvalue weighted by molar-refractivity contribution is 0.333. The number of benzene rings is 2. The lowest BCUT2D eigenvalue weighted by Crippen LogP contribution is -2.11. The molecule has 0 unspecified atom stereocenters. The van der Waals surface area contributed by atoms with E-state index >= 15 is 0 Å². The number of nitrogens with one attached hydrogen (secondary N) is 1. The first-order valence-electron chi connectivity index (χ1n) is 5.73. The first-order valence-corrected chi connectivity index (χ1v) is 7.69. The summed E-state index contributed by atoms with van der Waals surface area (Å²) in [6, 6.07) is 13.5. The highest BCUT2D eigenvalue weighted by Gasteiger charge is 2.02. The smallest absolute Gasteiger partial charge is 0.119 e. The molecular weight excluding hydrogens is 393 g/mol. The summed E-state index contributed by atoms with van der Waals surface area (Å²) in [7, 11) is 0. The van der Waals surface area contributed by atoms with Gasteiger partial charge in [-0.2, -0.15) is 0 Å². The summed E-state index contributed by atoms with van der Waals surface area (Å²) in [5.41, 5.74) is 0.965. The second-order valence-corrected chi connectivity index (χ2v) is 5.95. The molecule has 0 saturated carbocycles. The van der Waals surface area contributed by atoms with Crippen molar-refractivity contribution in [2.24, 2.45) is 0 Å². The maximum absolute atomic E-state index is 6.01. The Morgan fingerprint density at radius 2 is 1.79 bits per heavy atom. The van der Waals surface area contributed by atoms with Crippen molar-refractivity contribution in [2.45, 2.75) is 0 Å². The van der Waals surface area contributed by atoms with Gasteiger partial charge in [0.15, 0.2) is 0 Å². The van der Waals surface area contributed by atoms with E-state index in [-0.39, 0.29) is 0 Å². The third kappa shape index (κ3) is 4.41. The van der Waals surface area contributed by atoms with Crippen LogP contribution in [0.15, 0.2) is 51.4 Å². The van der Waals surface area contributed by atoms with Crippen molar-refractivity contribution in [1.29, 1.82) is 0 Å². The number of hydrogen-bond acceptors (Lipinski definition) is 2. The number of halogens is 3. The third-order valence-corrected chi connectivity index (χ3v) is 4.38. The Labute approximate surface area is 134 Å². The summed E-state index contributed by atoms with van der Waals surface area (Å²) in [6.45, 7) is 1.29. The SMILES string of the molecule is Clc1cccc(NCCOc2ccc(Br)cc2)c1Br. The monoisotopic (exact) mass is 403 g/mol. The summed E-state index contributed by atoms with van der Waals surface area (Å²) < 4.78 is 7.54. The van der Waals surface area contributed by atoms with Crippen molar-refractivity contribution in [3.63, 3.8) is 0 Å². The van der Waals surface area contributed by atoms with E-state index in [4.69, 9.17) is 16.3 Å². The molecule has 0 bridgehead atoms. The zero-order chi connectivity index (χ0) is 13.7. The van der Waals surface area contributed by atoms with E-state index in [9.17, 15) is 0 Å². The third-order valence-electron chi connectivity index (χ3n) is 2.45. The van der Waals surface area contributed by atoms with E-state index < -0.39 is 0 Å². The molecular formula is C14H12Br2ClNO. The fourth-order valence-corrected chi connectivity index (χ4v) is 2.37. The number of rotatable bonds is 5. The van der Waals surface area contributed by atoms with Crippen LogP contribution >= 0.6 is 43.5 Å². The van der Waals surface area contributed by atoms with Crippen LogP contribution in [0.5, 0.6) is 5.75 Å². The molecule has 0 saturated heterocycles. The predicted molar refractivity (Wildman–Crippen MR) is 87.3 cm³/mol. The van der Waals surface area contributed by atoms with Crippen LogP contribution in [0.4, 0.5) is 5.69 Å². The van der Waals surface area contributed by atoms with Gasteiger partial charge in [0.25, 0.3) is 0 Å². The standard InChI is InChI=1S/C14H12Br2ClNO/c15-10-4-6-11(7-5-10)19-9-8-18-13-3-1-2-12(17)14(13)16/h1-7,18H,8-9H2.